The number of hydrogen-bond acceptors (Lipinski definition) is 3. The van der Waals surface area contributed by atoms with Gasteiger partial charge in [-0.25, -0.2) is 4.99 Å². The Labute approximate surface area is 153 Å². The molecule has 0 bridgehead atoms. The zero-order valence-corrected chi connectivity index (χ0v) is 16.4. The normalized spacial score (nSPS) is 11.1. The first-order valence-corrected chi connectivity index (χ1v) is 8.11. The van der Waals surface area contributed by atoms with Gasteiger partial charge in [0.25, 0.3) is 0 Å². The number of hydrogen-bond donors (Lipinski definition) is 2. The lowest BCUT2D eigenvalue weighted by atomic mass is 10.3. The molecule has 0 atom stereocenters. The average molecular weight is 433 g/mol. The van der Waals surface area contributed by atoms with Crippen LogP contribution in [0.3, 0.4) is 0 Å². The van der Waals surface area contributed by atoms with E-state index in [-0.39, 0.29) is 24.0 Å². The molecule has 2 N–H and O–H groups in total. The third kappa shape index (κ3) is 5.60. The quantitative estimate of drug-likeness (QED) is 0.419. The number of nitrogens with one attached hydrogen (secondary N) is 2. The van der Waals surface area contributed by atoms with E-state index in [1.165, 1.54) is 9.75 Å². The van der Waals surface area contributed by atoms with Gasteiger partial charge in [-0.15, -0.1) is 35.3 Å². The van der Waals surface area contributed by atoms with Crippen LogP contribution in [0.2, 0.25) is 0 Å². The number of thiophene rings is 1. The van der Waals surface area contributed by atoms with Crippen molar-refractivity contribution < 1.29 is 0 Å². The van der Waals surface area contributed by atoms with Crippen LogP contribution < -0.4 is 10.6 Å². The molecule has 0 aliphatic heterocycles. The number of nitrogens with zero attached hydrogens (tertiary/aromatic N) is 3. The molecule has 0 unspecified atom stereocenters. The fraction of sp³-hybridized carbons (Fsp3) is 0.467. The number of halogens is 1. The van der Waals surface area contributed by atoms with Crippen LogP contribution >= 0.6 is 35.3 Å². The van der Waals surface area contributed by atoms with Crippen molar-refractivity contribution in [2.75, 3.05) is 6.54 Å². The summed E-state index contributed by atoms with van der Waals surface area (Å²) < 4.78 is 1.85. The maximum Gasteiger partial charge on any atom is 0.191 e. The van der Waals surface area contributed by atoms with Crippen LogP contribution in [0, 0.1) is 0 Å². The van der Waals surface area contributed by atoms with E-state index in [4.69, 9.17) is 0 Å². The second kappa shape index (κ2) is 9.83. The predicted octanol–water partition coefficient (Wildman–Crippen LogP) is 2.92. The fourth-order valence-electron chi connectivity index (χ4n) is 1.94. The number of aromatic nitrogens is 2. The molecular formula is C15H24IN5S. The molecule has 2 aromatic heterocycles. The number of aryl methyl sites for hydroxylation is 2. The Bertz CT molecular complexity index is 590. The molecule has 0 fully saturated rings. The molecule has 0 radical (unpaired) electrons. The molecule has 5 nitrogen and oxygen atoms in total. The topological polar surface area (TPSA) is 54.2 Å². The standard InChI is InChI=1S/C15H23N5S.HI/c1-4-13-6-7-14(21-13)11-18-15(16-5-2)17-10-12-8-9-19-20(12)3;/h6-9H,4-5,10-11H2,1-3H3,(H2,16,17,18);1H. The van der Waals surface area contributed by atoms with E-state index in [9.17, 15) is 0 Å². The van der Waals surface area contributed by atoms with Gasteiger partial charge in [0.15, 0.2) is 5.96 Å². The van der Waals surface area contributed by atoms with Gasteiger partial charge in [0.05, 0.1) is 18.8 Å². The van der Waals surface area contributed by atoms with Crippen LogP contribution in [0.4, 0.5) is 0 Å². The van der Waals surface area contributed by atoms with E-state index in [2.05, 4.69) is 46.7 Å². The van der Waals surface area contributed by atoms with Crippen molar-refractivity contribution in [2.45, 2.75) is 33.4 Å². The molecule has 0 aliphatic rings. The highest BCUT2D eigenvalue weighted by molar-refractivity contribution is 14.0. The number of aliphatic imine (C=N–C) groups is 1. The minimum atomic E-state index is 0. The fourth-order valence-corrected chi connectivity index (χ4v) is 2.83. The Hall–Kier alpha value is -1.09. The van der Waals surface area contributed by atoms with Crippen molar-refractivity contribution in [1.82, 2.24) is 20.4 Å². The van der Waals surface area contributed by atoms with Crippen LogP contribution in [-0.4, -0.2) is 22.3 Å². The summed E-state index contributed by atoms with van der Waals surface area (Å²) in [6.07, 6.45) is 2.89. The second-order valence-corrected chi connectivity index (χ2v) is 5.97. The van der Waals surface area contributed by atoms with Gasteiger partial charge >= 0.3 is 0 Å². The molecule has 122 valence electrons. The van der Waals surface area contributed by atoms with Crippen molar-refractivity contribution in [2.24, 2.45) is 12.0 Å². The highest BCUT2D eigenvalue weighted by Gasteiger charge is 2.02. The summed E-state index contributed by atoms with van der Waals surface area (Å²) in [5.41, 5.74) is 1.09. The average Bonchev–Trinajstić information content (AvgIpc) is 3.11. The minimum absolute atomic E-state index is 0. The van der Waals surface area contributed by atoms with Crippen LogP contribution in [-0.2, 0) is 26.6 Å². The molecular weight excluding hydrogens is 409 g/mol. The first kappa shape index (κ1) is 19.0. The van der Waals surface area contributed by atoms with Gasteiger partial charge in [0.2, 0.25) is 0 Å². The van der Waals surface area contributed by atoms with Gasteiger partial charge in [0, 0.05) is 29.5 Å². The molecule has 0 saturated carbocycles. The molecule has 22 heavy (non-hydrogen) atoms. The lowest BCUT2D eigenvalue weighted by Crippen LogP contribution is -2.36. The number of guanidine groups is 1. The molecule has 2 aromatic rings. The zero-order chi connectivity index (χ0) is 15.1. The Morgan fingerprint density at radius 2 is 2.00 bits per heavy atom. The maximum atomic E-state index is 4.60. The molecule has 7 heteroatoms. The van der Waals surface area contributed by atoms with Gasteiger partial charge in [-0.1, -0.05) is 6.92 Å². The summed E-state index contributed by atoms with van der Waals surface area (Å²) in [6, 6.07) is 6.36. The van der Waals surface area contributed by atoms with E-state index >= 15 is 0 Å². The highest BCUT2D eigenvalue weighted by atomic mass is 127. The Morgan fingerprint density at radius 3 is 2.59 bits per heavy atom. The molecule has 0 spiro atoms. The Morgan fingerprint density at radius 1 is 1.23 bits per heavy atom. The second-order valence-electron chi connectivity index (χ2n) is 4.72. The summed E-state index contributed by atoms with van der Waals surface area (Å²) in [4.78, 5) is 7.35. The summed E-state index contributed by atoms with van der Waals surface area (Å²) in [6.45, 7) is 6.53. The molecule has 0 aromatic carbocycles. The van der Waals surface area contributed by atoms with Gasteiger partial charge < -0.3 is 10.6 Å². The van der Waals surface area contributed by atoms with Crippen LogP contribution in [0.1, 0.15) is 29.3 Å². The maximum absolute atomic E-state index is 4.60. The summed E-state index contributed by atoms with van der Waals surface area (Å²) in [5.74, 6) is 0.838. The van der Waals surface area contributed by atoms with E-state index in [1.807, 2.05) is 29.1 Å². The first-order valence-electron chi connectivity index (χ1n) is 7.29. The third-order valence-electron chi connectivity index (χ3n) is 3.16. The highest BCUT2D eigenvalue weighted by Crippen LogP contribution is 2.16. The lowest BCUT2D eigenvalue weighted by Gasteiger charge is -2.10. The van der Waals surface area contributed by atoms with Crippen LogP contribution in [0.5, 0.6) is 0 Å². The molecule has 2 rings (SSSR count). The smallest absolute Gasteiger partial charge is 0.191 e. The molecule has 0 aliphatic carbocycles. The van der Waals surface area contributed by atoms with Crippen molar-refractivity contribution in [1.29, 1.82) is 0 Å². The first-order chi connectivity index (χ1) is 10.2. The Balaban J connectivity index is 0.00000242. The summed E-state index contributed by atoms with van der Waals surface area (Å²) >= 11 is 1.85. The summed E-state index contributed by atoms with van der Waals surface area (Å²) in [5, 5.41) is 10.8. The molecule has 0 saturated heterocycles. The number of rotatable bonds is 6. The van der Waals surface area contributed by atoms with Crippen molar-refractivity contribution >= 4 is 41.3 Å². The van der Waals surface area contributed by atoms with Crippen LogP contribution in [0.15, 0.2) is 29.4 Å². The van der Waals surface area contributed by atoms with Gasteiger partial charge in [-0.3, -0.25) is 4.68 Å². The lowest BCUT2D eigenvalue weighted by molar-refractivity contribution is 0.707. The summed E-state index contributed by atoms with van der Waals surface area (Å²) in [7, 11) is 1.93. The predicted molar refractivity (Wildman–Crippen MR) is 104 cm³/mol. The van der Waals surface area contributed by atoms with Crippen molar-refractivity contribution in [3.63, 3.8) is 0 Å². The monoisotopic (exact) mass is 433 g/mol. The van der Waals surface area contributed by atoms with Crippen molar-refractivity contribution in [3.8, 4) is 0 Å². The zero-order valence-electron chi connectivity index (χ0n) is 13.3. The van der Waals surface area contributed by atoms with Gasteiger partial charge in [0.1, 0.15) is 0 Å². The third-order valence-corrected chi connectivity index (χ3v) is 4.39. The van der Waals surface area contributed by atoms with E-state index in [1.54, 1.807) is 6.20 Å². The van der Waals surface area contributed by atoms with Gasteiger partial charge in [-0.2, -0.15) is 5.10 Å². The Kier molecular flexibility index (Phi) is 8.47. The molecule has 0 amide bonds. The van der Waals surface area contributed by atoms with Crippen LogP contribution in [0.25, 0.3) is 0 Å². The van der Waals surface area contributed by atoms with E-state index in [0.717, 1.165) is 31.2 Å². The largest absolute Gasteiger partial charge is 0.357 e. The van der Waals surface area contributed by atoms with Crippen molar-refractivity contribution in [3.05, 3.63) is 39.8 Å². The van der Waals surface area contributed by atoms with E-state index in [0.29, 0.717) is 6.54 Å². The minimum Gasteiger partial charge on any atom is -0.357 e. The van der Waals surface area contributed by atoms with E-state index < -0.39 is 0 Å². The van der Waals surface area contributed by atoms with Gasteiger partial charge in [-0.05, 0) is 31.5 Å². The SMILES string of the molecule is CCNC(=NCc1ccnn1C)NCc1ccc(CC)s1.I. The molecule has 2 heterocycles.